The predicted octanol–water partition coefficient (Wildman–Crippen LogP) is 4.54. The summed E-state index contributed by atoms with van der Waals surface area (Å²) in [5.41, 5.74) is 2.54. The molecule has 1 aliphatic carbocycles. The summed E-state index contributed by atoms with van der Waals surface area (Å²) in [5, 5.41) is 19.4. The van der Waals surface area contributed by atoms with E-state index in [1.807, 2.05) is 18.2 Å². The predicted molar refractivity (Wildman–Crippen MR) is 133 cm³/mol. The molecule has 4 N–H and O–H groups in total. The van der Waals surface area contributed by atoms with Crippen LogP contribution in [0.25, 0.3) is 22.3 Å². The third-order valence-corrected chi connectivity index (χ3v) is 6.52. The highest BCUT2D eigenvalue weighted by atomic mass is 16.5. The van der Waals surface area contributed by atoms with Crippen LogP contribution >= 0.6 is 0 Å². The molecule has 4 aromatic rings. The van der Waals surface area contributed by atoms with Gasteiger partial charge in [-0.25, -0.2) is 4.79 Å². The van der Waals surface area contributed by atoms with Crippen LogP contribution in [0, 0.1) is 17.2 Å². The molecule has 10 nitrogen and oxygen atoms in total. The van der Waals surface area contributed by atoms with Gasteiger partial charge in [-0.05, 0) is 42.7 Å². The molecule has 0 unspecified atom stereocenters. The monoisotopic (exact) mass is 484 g/mol. The summed E-state index contributed by atoms with van der Waals surface area (Å²) < 4.78 is 4.57. The fraction of sp³-hybridized carbons (Fsp3) is 0.269. The summed E-state index contributed by atoms with van der Waals surface area (Å²) in [6, 6.07) is 13.8. The van der Waals surface area contributed by atoms with Crippen LogP contribution in [0.15, 0.2) is 51.8 Å². The molecule has 2 heterocycles. The molecule has 2 aromatic carbocycles. The number of nitriles is 1. The number of carbonyl (C=O) groups excluding carboxylic acids is 2. The first-order valence-corrected chi connectivity index (χ1v) is 11.8. The standard InChI is InChI=1S/C26H24N6O4/c27-14-16-8-10-19(18(12-16)24-31-26(35)36-32-24)30-25(34)21-13-17-6-3-7-20(23(17)29-21)28-22(33)11-9-15-4-1-2-5-15/h3,6-8,10,12-13,15,29H,1-2,4-5,9,11H2,(H,28,33)(H,30,34)(H,31,32,35). The van der Waals surface area contributed by atoms with Crippen molar-refractivity contribution in [1.82, 2.24) is 15.1 Å². The van der Waals surface area contributed by atoms with Gasteiger partial charge in [0.05, 0.1) is 28.5 Å². The molecule has 0 aliphatic heterocycles. The Morgan fingerprint density at radius 1 is 1.08 bits per heavy atom. The molecule has 1 fully saturated rings. The molecule has 10 heteroatoms. The topological polar surface area (TPSA) is 157 Å². The number of benzene rings is 2. The van der Waals surface area contributed by atoms with Crippen LogP contribution in [0.5, 0.6) is 0 Å². The summed E-state index contributed by atoms with van der Waals surface area (Å²) in [7, 11) is 0. The van der Waals surface area contributed by atoms with Gasteiger partial charge in [0.15, 0.2) is 5.82 Å². The quantitative estimate of drug-likeness (QED) is 0.301. The second-order valence-corrected chi connectivity index (χ2v) is 8.96. The number of anilines is 2. The number of para-hydroxylation sites is 1. The Morgan fingerprint density at radius 3 is 2.67 bits per heavy atom. The van der Waals surface area contributed by atoms with Crippen LogP contribution in [0.2, 0.25) is 0 Å². The van der Waals surface area contributed by atoms with E-state index < -0.39 is 11.7 Å². The maximum Gasteiger partial charge on any atom is 0.439 e. The molecule has 36 heavy (non-hydrogen) atoms. The molecule has 1 saturated carbocycles. The summed E-state index contributed by atoms with van der Waals surface area (Å²) in [4.78, 5) is 42.6. The second kappa shape index (κ2) is 9.92. The minimum absolute atomic E-state index is 0.0427. The van der Waals surface area contributed by atoms with Crippen LogP contribution in [-0.2, 0) is 4.79 Å². The number of nitrogens with one attached hydrogen (secondary N) is 4. The van der Waals surface area contributed by atoms with Crippen LogP contribution in [0.1, 0.15) is 54.6 Å². The largest absolute Gasteiger partial charge is 0.439 e. The molecule has 0 saturated heterocycles. The Kier molecular flexibility index (Phi) is 6.36. The van der Waals surface area contributed by atoms with E-state index in [4.69, 9.17) is 0 Å². The zero-order chi connectivity index (χ0) is 25.1. The number of aromatic amines is 2. The van der Waals surface area contributed by atoms with Crippen LogP contribution in [0.3, 0.4) is 0 Å². The number of nitrogens with zero attached hydrogens (tertiary/aromatic N) is 2. The average molecular weight is 485 g/mol. The van der Waals surface area contributed by atoms with Gasteiger partial charge in [-0.3, -0.25) is 19.1 Å². The normalized spacial score (nSPS) is 13.5. The van der Waals surface area contributed by atoms with Gasteiger partial charge in [-0.2, -0.15) is 5.26 Å². The first kappa shape index (κ1) is 23.1. The molecule has 182 valence electrons. The minimum atomic E-state index is -0.752. The van der Waals surface area contributed by atoms with Gasteiger partial charge in [0, 0.05) is 17.4 Å². The van der Waals surface area contributed by atoms with Gasteiger partial charge in [0.2, 0.25) is 5.91 Å². The Morgan fingerprint density at radius 2 is 1.92 bits per heavy atom. The zero-order valence-corrected chi connectivity index (χ0v) is 19.4. The van der Waals surface area contributed by atoms with Gasteiger partial charge in [0.1, 0.15) is 5.69 Å². The number of hydrogen-bond donors (Lipinski definition) is 4. The van der Waals surface area contributed by atoms with Gasteiger partial charge < -0.3 is 15.6 Å². The summed E-state index contributed by atoms with van der Waals surface area (Å²) in [6.45, 7) is 0. The highest BCUT2D eigenvalue weighted by Gasteiger charge is 2.19. The van der Waals surface area contributed by atoms with E-state index in [0.717, 1.165) is 11.8 Å². The summed E-state index contributed by atoms with van der Waals surface area (Å²) >= 11 is 0. The molecule has 0 atom stereocenters. The van der Waals surface area contributed by atoms with Gasteiger partial charge in [-0.1, -0.05) is 43.0 Å². The van der Waals surface area contributed by atoms with E-state index in [1.54, 1.807) is 24.3 Å². The van der Waals surface area contributed by atoms with Gasteiger partial charge in [0.25, 0.3) is 5.91 Å². The van der Waals surface area contributed by atoms with Crippen LogP contribution < -0.4 is 16.4 Å². The number of H-pyrrole nitrogens is 2. The number of carbonyl (C=O) groups is 2. The molecular formula is C26H24N6O4. The van der Waals surface area contributed by atoms with Crippen molar-refractivity contribution in [1.29, 1.82) is 5.26 Å². The molecule has 2 amide bonds. The smallest absolute Gasteiger partial charge is 0.349 e. The highest BCUT2D eigenvalue weighted by molar-refractivity contribution is 6.09. The third-order valence-electron chi connectivity index (χ3n) is 6.52. The Labute approximate surface area is 205 Å². The Hall–Kier alpha value is -4.65. The lowest BCUT2D eigenvalue weighted by atomic mass is 10.0. The molecular weight excluding hydrogens is 460 g/mol. The molecule has 2 aromatic heterocycles. The van der Waals surface area contributed by atoms with Crippen molar-refractivity contribution < 1.29 is 14.1 Å². The van der Waals surface area contributed by atoms with E-state index in [1.165, 1.54) is 31.7 Å². The van der Waals surface area contributed by atoms with Crippen molar-refractivity contribution in [2.75, 3.05) is 10.6 Å². The van der Waals surface area contributed by atoms with Crippen molar-refractivity contribution in [3.63, 3.8) is 0 Å². The molecule has 0 radical (unpaired) electrons. The SMILES string of the molecule is N#Cc1ccc(NC(=O)c2cc3cccc(NC(=O)CCC4CCCC4)c3[nH]2)c(-c2noc(=O)[nH]2)c1. The number of aromatic nitrogens is 3. The van der Waals surface area contributed by atoms with E-state index in [-0.39, 0.29) is 17.4 Å². The van der Waals surface area contributed by atoms with E-state index in [2.05, 4.69) is 30.3 Å². The molecule has 1 aliphatic rings. The van der Waals surface area contributed by atoms with Gasteiger partial charge >= 0.3 is 5.76 Å². The van der Waals surface area contributed by atoms with Crippen molar-refractivity contribution >= 4 is 34.1 Å². The van der Waals surface area contributed by atoms with Crippen LogP contribution in [0.4, 0.5) is 11.4 Å². The Bertz CT molecular complexity index is 1530. The van der Waals surface area contributed by atoms with Crippen molar-refractivity contribution in [2.45, 2.75) is 38.5 Å². The van der Waals surface area contributed by atoms with Crippen molar-refractivity contribution in [3.8, 4) is 17.5 Å². The first-order chi connectivity index (χ1) is 17.5. The fourth-order valence-corrected chi connectivity index (χ4v) is 4.68. The zero-order valence-electron chi connectivity index (χ0n) is 19.4. The van der Waals surface area contributed by atoms with Crippen molar-refractivity contribution in [3.05, 3.63) is 64.3 Å². The Balaban J connectivity index is 1.35. The van der Waals surface area contributed by atoms with E-state index in [0.29, 0.717) is 40.4 Å². The third kappa shape index (κ3) is 4.90. The van der Waals surface area contributed by atoms with Crippen molar-refractivity contribution in [2.24, 2.45) is 5.92 Å². The number of rotatable bonds is 7. The number of fused-ring (bicyclic) bond motifs is 1. The summed E-state index contributed by atoms with van der Waals surface area (Å²) in [6.07, 6.45) is 6.26. The lowest BCUT2D eigenvalue weighted by Crippen LogP contribution is -2.14. The lowest BCUT2D eigenvalue weighted by Gasteiger charge is -2.10. The van der Waals surface area contributed by atoms with E-state index >= 15 is 0 Å². The van der Waals surface area contributed by atoms with Gasteiger partial charge in [-0.15, -0.1) is 0 Å². The molecule has 0 spiro atoms. The second-order valence-electron chi connectivity index (χ2n) is 8.96. The average Bonchev–Trinajstić information content (AvgIpc) is 3.64. The molecule has 5 rings (SSSR count). The maximum absolute atomic E-state index is 13.1. The molecule has 0 bridgehead atoms. The maximum atomic E-state index is 13.1. The lowest BCUT2D eigenvalue weighted by molar-refractivity contribution is -0.116. The van der Waals surface area contributed by atoms with E-state index in [9.17, 15) is 19.6 Å². The first-order valence-electron chi connectivity index (χ1n) is 11.8. The minimum Gasteiger partial charge on any atom is -0.349 e. The fourth-order valence-electron chi connectivity index (χ4n) is 4.68. The summed E-state index contributed by atoms with van der Waals surface area (Å²) in [5.74, 6) is -0.514. The van der Waals surface area contributed by atoms with Crippen LogP contribution in [-0.4, -0.2) is 26.9 Å². The number of amides is 2. The highest BCUT2D eigenvalue weighted by Crippen LogP contribution is 2.30. The number of hydrogen-bond acceptors (Lipinski definition) is 6.